The highest BCUT2D eigenvalue weighted by Gasteiger charge is 2.33. The van der Waals surface area contributed by atoms with Crippen molar-refractivity contribution in [3.8, 4) is 11.1 Å². The Bertz CT molecular complexity index is 976. The highest BCUT2D eigenvalue weighted by Crippen LogP contribution is 2.24. The first-order chi connectivity index (χ1) is 13.7. The van der Waals surface area contributed by atoms with E-state index in [0.29, 0.717) is 29.8 Å². The minimum atomic E-state index is -3.26. The normalized spacial score (nSPS) is 17.3. The molecule has 0 aromatic heterocycles. The maximum absolute atomic E-state index is 13.4. The molecule has 2 amide bonds. The molecule has 1 fully saturated rings. The average Bonchev–Trinajstić information content (AvgIpc) is 3.18. The third kappa shape index (κ3) is 4.91. The fourth-order valence-electron chi connectivity index (χ4n) is 3.31. The van der Waals surface area contributed by atoms with Crippen molar-refractivity contribution in [2.75, 3.05) is 31.2 Å². The molecule has 3 rings (SSSR count). The number of nitrogens with zero attached hydrogens (tertiary/aromatic N) is 2. The van der Waals surface area contributed by atoms with Gasteiger partial charge in [-0.25, -0.2) is 22.0 Å². The van der Waals surface area contributed by atoms with Crippen LogP contribution in [0.5, 0.6) is 0 Å². The summed E-state index contributed by atoms with van der Waals surface area (Å²) in [6.45, 7) is 2.28. The van der Waals surface area contributed by atoms with Gasteiger partial charge in [0.1, 0.15) is 11.6 Å². The Morgan fingerprint density at radius 3 is 2.34 bits per heavy atom. The van der Waals surface area contributed by atoms with Gasteiger partial charge in [0.15, 0.2) is 0 Å². The zero-order valence-electron chi connectivity index (χ0n) is 16.2. The Balaban J connectivity index is 1.63. The molecule has 0 aliphatic carbocycles. The van der Waals surface area contributed by atoms with Gasteiger partial charge in [-0.1, -0.05) is 12.1 Å². The predicted molar refractivity (Wildman–Crippen MR) is 108 cm³/mol. The lowest BCUT2D eigenvalue weighted by atomic mass is 10.1. The molecule has 1 aliphatic rings. The number of hydrogen-bond acceptors (Lipinski definition) is 3. The van der Waals surface area contributed by atoms with E-state index in [1.165, 1.54) is 21.3 Å². The molecular weight excluding hydrogens is 400 g/mol. The standard InChI is InChI=1S/C20H23F2N3O3S/c1-3-29(27,28)25-9-8-19(13-25)24(2)20(26)23-18-6-4-14(5-7-18)15-10-16(21)12-17(22)11-15/h4-7,10-12,19H,3,8-9,13H2,1-2H3,(H,23,26)/t19-/m1/s1. The number of likely N-dealkylation sites (N-methyl/N-ethyl adjacent to an activating group) is 1. The molecule has 1 saturated heterocycles. The Hall–Kier alpha value is -2.52. The van der Waals surface area contributed by atoms with Gasteiger partial charge < -0.3 is 10.2 Å². The first-order valence-electron chi connectivity index (χ1n) is 9.28. The summed E-state index contributed by atoms with van der Waals surface area (Å²) in [5.74, 6) is -1.28. The topological polar surface area (TPSA) is 69.7 Å². The molecule has 1 aliphatic heterocycles. The maximum atomic E-state index is 13.4. The molecule has 9 heteroatoms. The molecule has 6 nitrogen and oxygen atoms in total. The summed E-state index contributed by atoms with van der Waals surface area (Å²) in [6, 6.07) is 9.34. The van der Waals surface area contributed by atoms with Crippen LogP contribution < -0.4 is 5.32 Å². The molecule has 2 aromatic carbocycles. The Labute approximate surface area is 169 Å². The Kier molecular flexibility index (Phi) is 6.18. The van der Waals surface area contributed by atoms with E-state index in [2.05, 4.69) is 5.32 Å². The number of anilines is 1. The second-order valence-corrected chi connectivity index (χ2v) is 9.24. The van der Waals surface area contributed by atoms with Crippen molar-refractivity contribution in [1.82, 2.24) is 9.21 Å². The number of carbonyl (C=O) groups is 1. The van der Waals surface area contributed by atoms with Crippen LogP contribution in [0.15, 0.2) is 42.5 Å². The summed E-state index contributed by atoms with van der Waals surface area (Å²) in [6.07, 6.45) is 0.577. The van der Waals surface area contributed by atoms with Crippen molar-refractivity contribution in [2.45, 2.75) is 19.4 Å². The highest BCUT2D eigenvalue weighted by atomic mass is 32.2. The second-order valence-electron chi connectivity index (χ2n) is 6.98. The van der Waals surface area contributed by atoms with Crippen LogP contribution in [-0.4, -0.2) is 55.6 Å². The molecule has 1 atom stereocenters. The summed E-state index contributed by atoms with van der Waals surface area (Å²) >= 11 is 0. The van der Waals surface area contributed by atoms with E-state index in [9.17, 15) is 22.0 Å². The van der Waals surface area contributed by atoms with E-state index in [1.54, 1.807) is 38.2 Å². The van der Waals surface area contributed by atoms with Gasteiger partial charge in [0.25, 0.3) is 0 Å². The SMILES string of the molecule is CCS(=O)(=O)N1CC[C@@H](N(C)C(=O)Nc2ccc(-c3cc(F)cc(F)c3)cc2)C1. The molecule has 1 heterocycles. The van der Waals surface area contributed by atoms with Crippen molar-refractivity contribution in [3.05, 3.63) is 54.1 Å². The van der Waals surface area contributed by atoms with E-state index in [0.717, 1.165) is 6.07 Å². The van der Waals surface area contributed by atoms with E-state index >= 15 is 0 Å². The van der Waals surface area contributed by atoms with Crippen LogP contribution in [0.4, 0.5) is 19.3 Å². The van der Waals surface area contributed by atoms with Gasteiger partial charge in [-0.2, -0.15) is 4.31 Å². The molecule has 0 saturated carbocycles. The van der Waals surface area contributed by atoms with Gasteiger partial charge in [-0.15, -0.1) is 0 Å². The number of sulfonamides is 1. The monoisotopic (exact) mass is 423 g/mol. The molecule has 0 spiro atoms. The number of nitrogens with one attached hydrogen (secondary N) is 1. The molecule has 2 aromatic rings. The number of rotatable bonds is 5. The molecular formula is C20H23F2N3O3S. The smallest absolute Gasteiger partial charge is 0.321 e. The van der Waals surface area contributed by atoms with E-state index in [4.69, 9.17) is 0 Å². The molecule has 156 valence electrons. The van der Waals surface area contributed by atoms with Gasteiger partial charge in [0.05, 0.1) is 5.75 Å². The van der Waals surface area contributed by atoms with Crippen molar-refractivity contribution >= 4 is 21.7 Å². The number of benzene rings is 2. The molecule has 0 radical (unpaired) electrons. The molecule has 1 N–H and O–H groups in total. The van der Waals surface area contributed by atoms with Gasteiger partial charge in [0.2, 0.25) is 10.0 Å². The van der Waals surface area contributed by atoms with Crippen LogP contribution in [0.25, 0.3) is 11.1 Å². The van der Waals surface area contributed by atoms with Gasteiger partial charge >= 0.3 is 6.03 Å². The van der Waals surface area contributed by atoms with Gasteiger partial charge in [-0.3, -0.25) is 0 Å². The number of carbonyl (C=O) groups excluding carboxylic acids is 1. The van der Waals surface area contributed by atoms with Crippen LogP contribution in [0.1, 0.15) is 13.3 Å². The largest absolute Gasteiger partial charge is 0.323 e. The van der Waals surface area contributed by atoms with Gasteiger partial charge in [0, 0.05) is 37.9 Å². The number of hydrogen-bond donors (Lipinski definition) is 1. The number of urea groups is 1. The second kappa shape index (κ2) is 8.46. The van der Waals surface area contributed by atoms with Crippen molar-refractivity contribution < 1.29 is 22.0 Å². The average molecular weight is 423 g/mol. The van der Waals surface area contributed by atoms with E-state index in [1.807, 2.05) is 0 Å². The zero-order valence-corrected chi connectivity index (χ0v) is 17.0. The quantitative estimate of drug-likeness (QED) is 0.800. The van der Waals surface area contributed by atoms with Crippen LogP contribution in [0.2, 0.25) is 0 Å². The zero-order chi connectivity index (χ0) is 21.2. The summed E-state index contributed by atoms with van der Waals surface area (Å²) in [4.78, 5) is 14.0. The predicted octanol–water partition coefficient (Wildman–Crippen LogP) is 3.52. The van der Waals surface area contributed by atoms with Crippen molar-refractivity contribution in [1.29, 1.82) is 0 Å². The van der Waals surface area contributed by atoms with Crippen molar-refractivity contribution in [3.63, 3.8) is 0 Å². The lowest BCUT2D eigenvalue weighted by molar-refractivity contribution is 0.206. The minimum absolute atomic E-state index is 0.0389. The molecule has 0 bridgehead atoms. The van der Waals surface area contributed by atoms with Crippen LogP contribution >= 0.6 is 0 Å². The fourth-order valence-corrected chi connectivity index (χ4v) is 4.45. The van der Waals surface area contributed by atoms with E-state index < -0.39 is 21.7 Å². The van der Waals surface area contributed by atoms with Crippen LogP contribution in [-0.2, 0) is 10.0 Å². The number of amides is 2. The van der Waals surface area contributed by atoms with Crippen LogP contribution in [0, 0.1) is 11.6 Å². The minimum Gasteiger partial charge on any atom is -0.323 e. The van der Waals surface area contributed by atoms with Gasteiger partial charge in [-0.05, 0) is 48.7 Å². The maximum Gasteiger partial charge on any atom is 0.321 e. The fraction of sp³-hybridized carbons (Fsp3) is 0.350. The summed E-state index contributed by atoms with van der Waals surface area (Å²) in [7, 11) is -1.63. The highest BCUT2D eigenvalue weighted by molar-refractivity contribution is 7.89. The first-order valence-corrected chi connectivity index (χ1v) is 10.9. The van der Waals surface area contributed by atoms with E-state index in [-0.39, 0.29) is 24.4 Å². The summed E-state index contributed by atoms with van der Waals surface area (Å²) < 4.78 is 52.1. The molecule has 29 heavy (non-hydrogen) atoms. The first kappa shape index (κ1) is 21.2. The summed E-state index contributed by atoms with van der Waals surface area (Å²) in [5.41, 5.74) is 1.55. The Morgan fingerprint density at radius 1 is 1.14 bits per heavy atom. The van der Waals surface area contributed by atoms with Crippen molar-refractivity contribution in [2.24, 2.45) is 0 Å². The Morgan fingerprint density at radius 2 is 1.76 bits per heavy atom. The van der Waals surface area contributed by atoms with Crippen LogP contribution in [0.3, 0.4) is 0 Å². The third-order valence-electron chi connectivity index (χ3n) is 5.08. The lowest BCUT2D eigenvalue weighted by Crippen LogP contribution is -2.42. The third-order valence-corrected chi connectivity index (χ3v) is 6.93. The molecule has 0 unspecified atom stereocenters. The summed E-state index contributed by atoms with van der Waals surface area (Å²) in [5, 5.41) is 2.76. The lowest BCUT2D eigenvalue weighted by Gasteiger charge is -2.25. The number of halogens is 2.